The lowest BCUT2D eigenvalue weighted by atomic mass is 9.99. The van der Waals surface area contributed by atoms with E-state index in [1.807, 2.05) is 0 Å². The molecule has 10 nitrogen and oxygen atoms in total. The van der Waals surface area contributed by atoms with Crippen LogP contribution in [0.3, 0.4) is 0 Å². The Morgan fingerprint density at radius 3 is 3.09 bits per heavy atom. The highest BCUT2D eigenvalue weighted by Gasteiger charge is 2.32. The van der Waals surface area contributed by atoms with Crippen molar-refractivity contribution in [1.29, 1.82) is 0 Å². The molecular formula is C21H24FN7O3. The summed E-state index contributed by atoms with van der Waals surface area (Å²) < 4.78 is 26.6. The summed E-state index contributed by atoms with van der Waals surface area (Å²) in [6.45, 7) is 3.65. The molecule has 0 bridgehead atoms. The van der Waals surface area contributed by atoms with E-state index in [0.29, 0.717) is 55.6 Å². The number of nitrogens with zero attached hydrogens (tertiary/aromatic N) is 5. The molecule has 11 heteroatoms. The third-order valence-corrected chi connectivity index (χ3v) is 5.89. The Bertz CT molecular complexity index is 1150. The van der Waals surface area contributed by atoms with Crippen molar-refractivity contribution in [3.05, 3.63) is 41.6 Å². The largest absolute Gasteiger partial charge is 0.493 e. The molecular weight excluding hydrogens is 417 g/mol. The second-order valence-electron chi connectivity index (χ2n) is 7.91. The quantitative estimate of drug-likeness (QED) is 0.539. The van der Waals surface area contributed by atoms with E-state index < -0.39 is 0 Å². The molecule has 0 unspecified atom stereocenters. The summed E-state index contributed by atoms with van der Waals surface area (Å²) in [6, 6.07) is 3.08. The summed E-state index contributed by atoms with van der Waals surface area (Å²) in [5, 5.41) is 14.1. The summed E-state index contributed by atoms with van der Waals surface area (Å²) >= 11 is 0. The van der Waals surface area contributed by atoms with Crippen LogP contribution in [0, 0.1) is 11.7 Å². The molecule has 2 aromatic heterocycles. The van der Waals surface area contributed by atoms with Gasteiger partial charge in [-0.2, -0.15) is 0 Å². The van der Waals surface area contributed by atoms with Crippen LogP contribution in [-0.4, -0.2) is 70.3 Å². The van der Waals surface area contributed by atoms with Crippen LogP contribution in [0.1, 0.15) is 11.1 Å². The van der Waals surface area contributed by atoms with Crippen molar-refractivity contribution < 1.29 is 18.7 Å². The first-order valence-corrected chi connectivity index (χ1v) is 10.5. The maximum atomic E-state index is 14.4. The number of nitrogens with one attached hydrogen (secondary N) is 2. The number of likely N-dealkylation sites (tertiary alicyclic amines) is 1. The summed E-state index contributed by atoms with van der Waals surface area (Å²) in [4.78, 5) is 19.2. The Morgan fingerprint density at radius 2 is 2.25 bits per heavy atom. The molecule has 1 amide bonds. The number of rotatable bonds is 8. The minimum Gasteiger partial charge on any atom is -0.493 e. The van der Waals surface area contributed by atoms with Gasteiger partial charge in [0.1, 0.15) is 23.6 Å². The first-order valence-electron chi connectivity index (χ1n) is 10.5. The number of hydrogen-bond donors (Lipinski definition) is 2. The van der Waals surface area contributed by atoms with Gasteiger partial charge in [0.15, 0.2) is 5.65 Å². The number of amides is 1. The molecule has 168 valence electrons. The molecule has 0 spiro atoms. The van der Waals surface area contributed by atoms with Crippen molar-refractivity contribution in [2.75, 3.05) is 50.6 Å². The lowest BCUT2D eigenvalue weighted by molar-refractivity contribution is -0.125. The Labute approximate surface area is 183 Å². The predicted molar refractivity (Wildman–Crippen MR) is 114 cm³/mol. The van der Waals surface area contributed by atoms with Gasteiger partial charge in [0, 0.05) is 50.8 Å². The van der Waals surface area contributed by atoms with Gasteiger partial charge < -0.3 is 20.1 Å². The number of carbonyl (C=O) groups is 1. The van der Waals surface area contributed by atoms with Crippen molar-refractivity contribution in [2.24, 2.45) is 5.92 Å². The van der Waals surface area contributed by atoms with E-state index in [0.717, 1.165) is 17.9 Å². The standard InChI is InChI=1S/C21H24FN7O3/c1-31-7-5-28-10-13(11-28)20(30)26-17-9-24-21(29-12-25-27-19(17)29)23-8-15-14-4-6-32-18(14)3-2-16(15)22/h2-3,9,12-13H,4-8,10-11H2,1H3,(H,23,24)(H,26,30). The topological polar surface area (TPSA) is 106 Å². The zero-order valence-corrected chi connectivity index (χ0v) is 17.7. The van der Waals surface area contributed by atoms with Gasteiger partial charge in [0.2, 0.25) is 11.9 Å². The van der Waals surface area contributed by atoms with Crippen molar-refractivity contribution in [2.45, 2.75) is 13.0 Å². The summed E-state index contributed by atoms with van der Waals surface area (Å²) in [7, 11) is 1.66. The van der Waals surface area contributed by atoms with Gasteiger partial charge in [-0.1, -0.05) is 0 Å². The molecule has 1 aromatic carbocycles. The maximum absolute atomic E-state index is 14.4. The average Bonchev–Trinajstić information content (AvgIpc) is 3.43. The number of aromatic nitrogens is 4. The number of anilines is 2. The molecule has 32 heavy (non-hydrogen) atoms. The highest BCUT2D eigenvalue weighted by atomic mass is 19.1. The third-order valence-electron chi connectivity index (χ3n) is 5.89. The number of carbonyl (C=O) groups excluding carboxylic acids is 1. The van der Waals surface area contributed by atoms with Crippen molar-refractivity contribution in [3.63, 3.8) is 0 Å². The number of ether oxygens (including phenoxy) is 2. The minimum atomic E-state index is -0.286. The van der Waals surface area contributed by atoms with Crippen LogP contribution in [0.25, 0.3) is 5.65 Å². The van der Waals surface area contributed by atoms with Crippen LogP contribution in [0.4, 0.5) is 16.0 Å². The van der Waals surface area contributed by atoms with E-state index in [4.69, 9.17) is 9.47 Å². The fraction of sp³-hybridized carbons (Fsp3) is 0.429. The van der Waals surface area contributed by atoms with Crippen LogP contribution in [0.2, 0.25) is 0 Å². The summed E-state index contributed by atoms with van der Waals surface area (Å²) in [5.41, 5.74) is 2.38. The number of halogens is 1. The molecule has 1 saturated heterocycles. The fourth-order valence-corrected chi connectivity index (χ4v) is 4.09. The van der Waals surface area contributed by atoms with Gasteiger partial charge in [0.25, 0.3) is 0 Å². The number of methoxy groups -OCH3 is 1. The zero-order valence-electron chi connectivity index (χ0n) is 17.7. The monoisotopic (exact) mass is 441 g/mol. The van der Waals surface area contributed by atoms with Gasteiger partial charge in [-0.3, -0.25) is 9.69 Å². The van der Waals surface area contributed by atoms with Crippen LogP contribution in [-0.2, 0) is 22.5 Å². The van der Waals surface area contributed by atoms with Gasteiger partial charge in [0.05, 0.1) is 25.3 Å². The molecule has 3 aromatic rings. The van der Waals surface area contributed by atoms with Crippen molar-refractivity contribution in [3.8, 4) is 5.75 Å². The summed E-state index contributed by atoms with van der Waals surface area (Å²) in [6.07, 6.45) is 3.72. The smallest absolute Gasteiger partial charge is 0.230 e. The lowest BCUT2D eigenvalue weighted by Gasteiger charge is -2.37. The Morgan fingerprint density at radius 1 is 1.38 bits per heavy atom. The SMILES string of the molecule is COCCN1CC(C(=O)Nc2cnc(NCc3c(F)ccc4c3CCO4)n3cnnc23)C1. The number of hydrogen-bond acceptors (Lipinski definition) is 8. The van der Waals surface area contributed by atoms with Gasteiger partial charge >= 0.3 is 0 Å². The second kappa shape index (κ2) is 8.67. The maximum Gasteiger partial charge on any atom is 0.230 e. The van der Waals surface area contributed by atoms with Crippen LogP contribution >= 0.6 is 0 Å². The molecule has 0 aliphatic carbocycles. The average molecular weight is 441 g/mol. The second-order valence-corrected chi connectivity index (χ2v) is 7.91. The molecule has 5 rings (SSSR count). The van der Waals surface area contributed by atoms with Crippen LogP contribution < -0.4 is 15.4 Å². The number of fused-ring (bicyclic) bond motifs is 2. The normalized spacial score (nSPS) is 15.9. The Kier molecular flexibility index (Phi) is 5.58. The highest BCUT2D eigenvalue weighted by molar-refractivity contribution is 5.96. The third kappa shape index (κ3) is 3.84. The molecule has 4 heterocycles. The lowest BCUT2D eigenvalue weighted by Crippen LogP contribution is -2.52. The van der Waals surface area contributed by atoms with E-state index in [2.05, 4.69) is 30.7 Å². The van der Waals surface area contributed by atoms with E-state index in [-0.39, 0.29) is 24.2 Å². The fourth-order valence-electron chi connectivity index (χ4n) is 4.09. The van der Waals surface area contributed by atoms with Gasteiger partial charge in [-0.25, -0.2) is 13.8 Å². The van der Waals surface area contributed by atoms with Crippen molar-refractivity contribution >= 4 is 23.2 Å². The number of benzene rings is 1. The predicted octanol–water partition coefficient (Wildman–Crippen LogP) is 1.33. The van der Waals surface area contributed by atoms with Crippen LogP contribution in [0.15, 0.2) is 24.7 Å². The Balaban J connectivity index is 1.28. The molecule has 0 atom stereocenters. The molecule has 0 saturated carbocycles. The van der Waals surface area contributed by atoms with Crippen LogP contribution in [0.5, 0.6) is 5.75 Å². The molecule has 2 aliphatic rings. The molecule has 2 aliphatic heterocycles. The minimum absolute atomic E-state index is 0.0759. The molecule has 0 radical (unpaired) electrons. The van der Waals surface area contributed by atoms with E-state index in [1.54, 1.807) is 23.8 Å². The highest BCUT2D eigenvalue weighted by Crippen LogP contribution is 2.30. The van der Waals surface area contributed by atoms with E-state index >= 15 is 0 Å². The van der Waals surface area contributed by atoms with E-state index in [9.17, 15) is 9.18 Å². The molecule has 1 fully saturated rings. The molecule has 2 N–H and O–H groups in total. The van der Waals surface area contributed by atoms with E-state index in [1.165, 1.54) is 12.4 Å². The van der Waals surface area contributed by atoms with Gasteiger partial charge in [-0.15, -0.1) is 10.2 Å². The first-order chi connectivity index (χ1) is 15.6. The first kappa shape index (κ1) is 20.6. The van der Waals surface area contributed by atoms with Gasteiger partial charge in [-0.05, 0) is 12.1 Å². The summed E-state index contributed by atoms with van der Waals surface area (Å²) in [5.74, 6) is 0.727. The van der Waals surface area contributed by atoms with Crippen molar-refractivity contribution in [1.82, 2.24) is 24.5 Å². The zero-order chi connectivity index (χ0) is 22.1. The Hall–Kier alpha value is -3.31.